The van der Waals surface area contributed by atoms with E-state index in [0.29, 0.717) is 23.1 Å². The Morgan fingerprint density at radius 1 is 1.11 bits per heavy atom. The number of hydrogen-bond donors (Lipinski definition) is 1. The van der Waals surface area contributed by atoms with Gasteiger partial charge in [-0.1, -0.05) is 31.2 Å². The lowest BCUT2D eigenvalue weighted by molar-refractivity contribution is 0.0691. The van der Waals surface area contributed by atoms with E-state index in [0.717, 1.165) is 17.7 Å². The quantitative estimate of drug-likeness (QED) is 0.712. The molecule has 0 saturated heterocycles. The van der Waals surface area contributed by atoms with Crippen LogP contribution < -0.4 is 10.2 Å². The second-order valence-electron chi connectivity index (χ2n) is 6.71. The number of amides is 1. The molecule has 2 heterocycles. The molecule has 6 heteroatoms. The molecule has 0 unspecified atom stereocenters. The summed E-state index contributed by atoms with van der Waals surface area (Å²) in [5, 5.41) is 9.90. The molecule has 0 bridgehead atoms. The summed E-state index contributed by atoms with van der Waals surface area (Å²) in [5.41, 5.74) is 1.25. The maximum atomic E-state index is 13.2. The first-order chi connectivity index (χ1) is 13.7. The summed E-state index contributed by atoms with van der Waals surface area (Å²) in [5.74, 6) is 0.395. The lowest BCUT2D eigenvalue weighted by Crippen LogP contribution is -2.32. The molecule has 1 aliphatic heterocycles. The number of aliphatic hydroxyl groups excluding tert-OH is 1. The average Bonchev–Trinajstić information content (AvgIpc) is 3.00. The van der Waals surface area contributed by atoms with Crippen molar-refractivity contribution >= 4 is 16.9 Å². The monoisotopic (exact) mass is 379 g/mol. The predicted molar refractivity (Wildman–Crippen MR) is 105 cm³/mol. The Kier molecular flexibility index (Phi) is 4.88. The number of para-hydroxylation sites is 1. The second-order valence-corrected chi connectivity index (χ2v) is 6.71. The van der Waals surface area contributed by atoms with Gasteiger partial charge in [0.1, 0.15) is 11.3 Å². The van der Waals surface area contributed by atoms with Crippen LogP contribution in [0.5, 0.6) is 5.75 Å². The van der Waals surface area contributed by atoms with Crippen LogP contribution in [-0.2, 0) is 0 Å². The average molecular weight is 379 g/mol. The highest BCUT2D eigenvalue weighted by Crippen LogP contribution is 2.38. The summed E-state index contributed by atoms with van der Waals surface area (Å²) >= 11 is 0. The maximum Gasteiger partial charge on any atom is 0.290 e. The molecule has 0 radical (unpaired) electrons. The van der Waals surface area contributed by atoms with Crippen molar-refractivity contribution in [2.75, 3.05) is 19.8 Å². The molecular weight excluding hydrogens is 358 g/mol. The van der Waals surface area contributed by atoms with Gasteiger partial charge in [0.25, 0.3) is 5.91 Å². The number of hydrogen-bond acceptors (Lipinski definition) is 5. The SMILES string of the molecule is CCCOc1ccc([C@H]2c3c(oc4ccccc4c3=O)C(=O)N2CCO)cc1. The van der Waals surface area contributed by atoms with Crippen LogP contribution in [0, 0.1) is 0 Å². The summed E-state index contributed by atoms with van der Waals surface area (Å²) in [4.78, 5) is 27.6. The van der Waals surface area contributed by atoms with Crippen LogP contribution in [-0.4, -0.2) is 35.7 Å². The molecule has 4 rings (SSSR count). The molecule has 1 aromatic heterocycles. The molecule has 1 amide bonds. The molecule has 144 valence electrons. The van der Waals surface area contributed by atoms with Crippen LogP contribution in [0.15, 0.2) is 57.7 Å². The molecule has 3 aromatic rings. The molecule has 2 aromatic carbocycles. The van der Waals surface area contributed by atoms with Crippen molar-refractivity contribution in [3.05, 3.63) is 75.6 Å². The fraction of sp³-hybridized carbons (Fsp3) is 0.273. The molecule has 1 N–H and O–H groups in total. The molecule has 6 nitrogen and oxygen atoms in total. The predicted octanol–water partition coefficient (Wildman–Crippen LogP) is 3.12. The number of carbonyl (C=O) groups excluding carboxylic acids is 1. The minimum absolute atomic E-state index is 0.0495. The molecule has 28 heavy (non-hydrogen) atoms. The van der Waals surface area contributed by atoms with Crippen molar-refractivity contribution in [3.8, 4) is 5.75 Å². The Balaban J connectivity index is 1.85. The van der Waals surface area contributed by atoms with Gasteiger partial charge in [-0.15, -0.1) is 0 Å². The highest BCUT2D eigenvalue weighted by molar-refractivity contribution is 5.99. The van der Waals surface area contributed by atoms with Gasteiger partial charge in [0.2, 0.25) is 5.76 Å². The first kappa shape index (κ1) is 18.3. The largest absolute Gasteiger partial charge is 0.494 e. The van der Waals surface area contributed by atoms with E-state index >= 15 is 0 Å². The number of nitrogens with zero attached hydrogens (tertiary/aromatic N) is 1. The molecule has 0 fully saturated rings. The van der Waals surface area contributed by atoms with E-state index in [9.17, 15) is 14.7 Å². The van der Waals surface area contributed by atoms with Crippen LogP contribution >= 0.6 is 0 Å². The highest BCUT2D eigenvalue weighted by atomic mass is 16.5. The van der Waals surface area contributed by atoms with E-state index in [-0.39, 0.29) is 30.2 Å². The third-order valence-electron chi connectivity index (χ3n) is 4.88. The zero-order valence-corrected chi connectivity index (χ0v) is 15.6. The van der Waals surface area contributed by atoms with Crippen LogP contribution in [0.4, 0.5) is 0 Å². The van der Waals surface area contributed by atoms with Gasteiger partial charge in [0, 0.05) is 6.54 Å². The minimum atomic E-state index is -0.601. The van der Waals surface area contributed by atoms with Crippen molar-refractivity contribution in [2.45, 2.75) is 19.4 Å². The van der Waals surface area contributed by atoms with Crippen molar-refractivity contribution in [1.82, 2.24) is 4.90 Å². The van der Waals surface area contributed by atoms with Gasteiger partial charge in [0.15, 0.2) is 5.43 Å². The van der Waals surface area contributed by atoms with Gasteiger partial charge in [-0.05, 0) is 36.2 Å². The third-order valence-corrected chi connectivity index (χ3v) is 4.88. The fourth-order valence-corrected chi connectivity index (χ4v) is 3.62. The molecule has 1 aliphatic rings. The molecule has 0 aliphatic carbocycles. The first-order valence-electron chi connectivity index (χ1n) is 9.36. The Bertz CT molecular complexity index is 1070. The summed E-state index contributed by atoms with van der Waals surface area (Å²) < 4.78 is 11.4. The molecule has 0 saturated carbocycles. The van der Waals surface area contributed by atoms with E-state index in [1.807, 2.05) is 31.2 Å². The van der Waals surface area contributed by atoms with E-state index in [2.05, 4.69) is 0 Å². The van der Waals surface area contributed by atoms with E-state index in [4.69, 9.17) is 9.15 Å². The standard InChI is InChI=1S/C22H21NO5/c1-2-13-27-15-9-7-14(8-10-15)19-18-20(25)16-5-3-4-6-17(16)28-21(18)22(26)23(19)11-12-24/h3-10,19,24H,2,11-13H2,1H3/t19-/m0/s1. The van der Waals surface area contributed by atoms with Crippen LogP contribution in [0.2, 0.25) is 0 Å². The Morgan fingerprint density at radius 3 is 2.57 bits per heavy atom. The van der Waals surface area contributed by atoms with E-state index in [1.165, 1.54) is 4.90 Å². The number of fused-ring (bicyclic) bond motifs is 2. The summed E-state index contributed by atoms with van der Waals surface area (Å²) in [7, 11) is 0. The van der Waals surface area contributed by atoms with Gasteiger partial charge in [-0.2, -0.15) is 0 Å². The van der Waals surface area contributed by atoms with Gasteiger partial charge >= 0.3 is 0 Å². The van der Waals surface area contributed by atoms with Crippen molar-refractivity contribution in [2.24, 2.45) is 0 Å². The molecule has 0 spiro atoms. The van der Waals surface area contributed by atoms with Gasteiger partial charge in [-0.3, -0.25) is 9.59 Å². The van der Waals surface area contributed by atoms with E-state index in [1.54, 1.807) is 24.3 Å². The number of carbonyl (C=O) groups is 1. The number of rotatable bonds is 6. The van der Waals surface area contributed by atoms with Crippen molar-refractivity contribution < 1.29 is 19.1 Å². The normalized spacial score (nSPS) is 15.9. The number of β-amino-alcohol motifs (C(OH)–C–C–N with tert-alkyl or cyclic N) is 1. The summed E-state index contributed by atoms with van der Waals surface area (Å²) in [6.45, 7) is 2.56. The number of ether oxygens (including phenoxy) is 1. The molecular formula is C22H21NO5. The lowest BCUT2D eigenvalue weighted by Gasteiger charge is -2.24. The van der Waals surface area contributed by atoms with Crippen molar-refractivity contribution in [3.63, 3.8) is 0 Å². The van der Waals surface area contributed by atoms with Gasteiger partial charge in [-0.25, -0.2) is 0 Å². The lowest BCUT2D eigenvalue weighted by atomic mass is 9.98. The minimum Gasteiger partial charge on any atom is -0.494 e. The van der Waals surface area contributed by atoms with Crippen LogP contribution in [0.3, 0.4) is 0 Å². The number of aliphatic hydroxyl groups is 1. The summed E-state index contributed by atoms with van der Waals surface area (Å²) in [6, 6.07) is 13.6. The fourth-order valence-electron chi connectivity index (χ4n) is 3.62. The number of benzene rings is 2. The zero-order valence-electron chi connectivity index (χ0n) is 15.6. The first-order valence-corrected chi connectivity index (χ1v) is 9.36. The topological polar surface area (TPSA) is 80.0 Å². The van der Waals surface area contributed by atoms with E-state index < -0.39 is 6.04 Å². The van der Waals surface area contributed by atoms with Crippen LogP contribution in [0.1, 0.15) is 41.1 Å². The smallest absolute Gasteiger partial charge is 0.290 e. The van der Waals surface area contributed by atoms with Crippen molar-refractivity contribution in [1.29, 1.82) is 0 Å². The zero-order chi connectivity index (χ0) is 19.7. The summed E-state index contributed by atoms with van der Waals surface area (Å²) in [6.07, 6.45) is 0.907. The van der Waals surface area contributed by atoms with Gasteiger partial charge < -0.3 is 19.2 Å². The van der Waals surface area contributed by atoms with Gasteiger partial charge in [0.05, 0.1) is 30.2 Å². The third kappa shape index (κ3) is 2.96. The second kappa shape index (κ2) is 7.48. The Labute approximate surface area is 162 Å². The highest BCUT2D eigenvalue weighted by Gasteiger charge is 2.42. The molecule has 1 atom stereocenters. The Hall–Kier alpha value is -3.12. The maximum absolute atomic E-state index is 13.2. The Morgan fingerprint density at radius 2 is 1.86 bits per heavy atom. The van der Waals surface area contributed by atoms with Crippen LogP contribution in [0.25, 0.3) is 11.0 Å².